The lowest BCUT2D eigenvalue weighted by molar-refractivity contribution is -0.141. The highest BCUT2D eigenvalue weighted by molar-refractivity contribution is 8.00. The molecule has 0 aromatic heterocycles. The van der Waals surface area contributed by atoms with E-state index >= 15 is 0 Å². The number of benzene rings is 1. The van der Waals surface area contributed by atoms with E-state index in [0.29, 0.717) is 11.4 Å². The summed E-state index contributed by atoms with van der Waals surface area (Å²) in [6, 6.07) is 6.52. The Kier molecular flexibility index (Phi) is 5.12. The molecule has 2 amide bonds. The van der Waals surface area contributed by atoms with Crippen LogP contribution in [0.25, 0.3) is 0 Å². The van der Waals surface area contributed by atoms with E-state index in [1.807, 2.05) is 38.1 Å². The zero-order valence-corrected chi connectivity index (χ0v) is 13.0. The summed E-state index contributed by atoms with van der Waals surface area (Å²) >= 11 is 1.52. The fraction of sp³-hybridized carbons (Fsp3) is 0.467. The number of thioether (sulfide) groups is 1. The van der Waals surface area contributed by atoms with Gasteiger partial charge in [-0.3, -0.25) is 4.90 Å². The Labute approximate surface area is 128 Å². The highest BCUT2D eigenvalue weighted by atomic mass is 32.2. The van der Waals surface area contributed by atoms with Gasteiger partial charge in [0.1, 0.15) is 6.04 Å². The van der Waals surface area contributed by atoms with E-state index in [1.54, 1.807) is 0 Å². The highest BCUT2D eigenvalue weighted by Gasteiger charge is 2.40. The number of hydrogen-bond donors (Lipinski definition) is 2. The molecular weight excluding hydrogens is 288 g/mol. The van der Waals surface area contributed by atoms with E-state index < -0.39 is 12.0 Å². The topological polar surface area (TPSA) is 69.6 Å². The molecule has 0 radical (unpaired) electrons. The van der Waals surface area contributed by atoms with Gasteiger partial charge in [-0.25, -0.2) is 9.59 Å². The number of nitrogens with zero attached hydrogens (tertiary/aromatic N) is 1. The molecule has 0 spiro atoms. The van der Waals surface area contributed by atoms with Crippen molar-refractivity contribution < 1.29 is 14.7 Å². The zero-order valence-electron chi connectivity index (χ0n) is 12.2. The summed E-state index contributed by atoms with van der Waals surface area (Å²) in [4.78, 5) is 25.2. The SMILES string of the molecule is CCc1cccc(NC(=O)N2C(CC)SCC2C(=O)O)c1. The molecule has 1 saturated heterocycles. The largest absolute Gasteiger partial charge is 0.480 e. The molecule has 1 aromatic rings. The Morgan fingerprint density at radius 1 is 1.43 bits per heavy atom. The first kappa shape index (κ1) is 15.7. The van der Waals surface area contributed by atoms with Gasteiger partial charge in [-0.1, -0.05) is 26.0 Å². The molecule has 1 fully saturated rings. The predicted octanol–water partition coefficient (Wildman–Crippen LogP) is 3.02. The lowest BCUT2D eigenvalue weighted by atomic mass is 10.1. The second kappa shape index (κ2) is 6.85. The number of nitrogens with one attached hydrogen (secondary N) is 1. The van der Waals surface area contributed by atoms with Crippen LogP contribution in [0.1, 0.15) is 25.8 Å². The van der Waals surface area contributed by atoms with Crippen LogP contribution in [-0.4, -0.2) is 39.2 Å². The van der Waals surface area contributed by atoms with Crippen molar-refractivity contribution >= 4 is 29.4 Å². The summed E-state index contributed by atoms with van der Waals surface area (Å²) < 4.78 is 0. The van der Waals surface area contributed by atoms with Crippen molar-refractivity contribution in [3.05, 3.63) is 29.8 Å². The van der Waals surface area contributed by atoms with E-state index in [0.717, 1.165) is 18.4 Å². The predicted molar refractivity (Wildman–Crippen MR) is 84.6 cm³/mol. The van der Waals surface area contributed by atoms with Crippen molar-refractivity contribution in [2.24, 2.45) is 0 Å². The number of amides is 2. The van der Waals surface area contributed by atoms with Crippen LogP contribution in [-0.2, 0) is 11.2 Å². The monoisotopic (exact) mass is 308 g/mol. The molecule has 114 valence electrons. The molecular formula is C15H20N2O3S. The van der Waals surface area contributed by atoms with E-state index in [9.17, 15) is 14.7 Å². The lowest BCUT2D eigenvalue weighted by Crippen LogP contribution is -2.47. The number of aliphatic carboxylic acids is 1. The first-order valence-corrected chi connectivity index (χ1v) is 8.14. The maximum atomic E-state index is 12.4. The third kappa shape index (κ3) is 3.50. The summed E-state index contributed by atoms with van der Waals surface area (Å²) in [6.07, 6.45) is 1.62. The minimum absolute atomic E-state index is 0.0829. The minimum Gasteiger partial charge on any atom is -0.480 e. The van der Waals surface area contributed by atoms with Gasteiger partial charge in [-0.05, 0) is 30.5 Å². The molecule has 0 bridgehead atoms. The van der Waals surface area contributed by atoms with Gasteiger partial charge < -0.3 is 10.4 Å². The first-order valence-electron chi connectivity index (χ1n) is 7.09. The molecule has 2 N–H and O–H groups in total. The van der Waals surface area contributed by atoms with Crippen LogP contribution in [0.4, 0.5) is 10.5 Å². The van der Waals surface area contributed by atoms with Gasteiger partial charge in [0.05, 0.1) is 5.37 Å². The second-order valence-corrected chi connectivity index (χ2v) is 6.15. The standard InChI is InChI=1S/C15H20N2O3S/c1-3-10-6-5-7-11(8-10)16-15(20)17-12(14(18)19)9-21-13(17)4-2/h5-8,12-13H,3-4,9H2,1-2H3,(H,16,20)(H,18,19). The summed E-state index contributed by atoms with van der Waals surface area (Å²) in [6.45, 7) is 4.01. The lowest BCUT2D eigenvalue weighted by Gasteiger charge is -2.26. The maximum Gasteiger partial charge on any atom is 0.327 e. The summed E-state index contributed by atoms with van der Waals surface area (Å²) in [5, 5.41) is 12.0. The van der Waals surface area contributed by atoms with Crippen LogP contribution >= 0.6 is 11.8 Å². The van der Waals surface area contributed by atoms with E-state index in [2.05, 4.69) is 5.32 Å². The van der Waals surface area contributed by atoms with Crippen molar-refractivity contribution in [2.45, 2.75) is 38.1 Å². The Morgan fingerprint density at radius 2 is 2.19 bits per heavy atom. The van der Waals surface area contributed by atoms with Crippen LogP contribution in [0.5, 0.6) is 0 Å². The second-order valence-electron chi connectivity index (χ2n) is 4.94. The summed E-state index contributed by atoms with van der Waals surface area (Å²) in [5.74, 6) is -0.507. The average molecular weight is 308 g/mol. The Bertz CT molecular complexity index is 535. The van der Waals surface area contributed by atoms with Crippen molar-refractivity contribution in [1.82, 2.24) is 4.90 Å². The van der Waals surface area contributed by atoms with E-state index in [4.69, 9.17) is 0 Å². The zero-order chi connectivity index (χ0) is 15.4. The molecule has 5 nitrogen and oxygen atoms in total. The van der Waals surface area contributed by atoms with Crippen LogP contribution in [0.3, 0.4) is 0 Å². The van der Waals surface area contributed by atoms with Crippen LogP contribution in [0.15, 0.2) is 24.3 Å². The molecule has 1 aliphatic heterocycles. The number of carboxylic acid groups (broad SMARTS) is 1. The van der Waals surface area contributed by atoms with Gasteiger partial charge in [0.15, 0.2) is 0 Å². The molecule has 1 heterocycles. The maximum absolute atomic E-state index is 12.4. The normalized spacial score (nSPS) is 21.3. The van der Waals surface area contributed by atoms with Gasteiger partial charge in [-0.15, -0.1) is 11.8 Å². The molecule has 6 heteroatoms. The molecule has 0 saturated carbocycles. The van der Waals surface area contributed by atoms with Gasteiger partial charge >= 0.3 is 12.0 Å². The van der Waals surface area contributed by atoms with E-state index in [-0.39, 0.29) is 11.4 Å². The molecule has 21 heavy (non-hydrogen) atoms. The van der Waals surface area contributed by atoms with Gasteiger partial charge in [0, 0.05) is 11.4 Å². The smallest absolute Gasteiger partial charge is 0.327 e. The number of aryl methyl sites for hydroxylation is 1. The van der Waals surface area contributed by atoms with Gasteiger partial charge in [0.2, 0.25) is 0 Å². The number of rotatable bonds is 4. The Morgan fingerprint density at radius 3 is 2.81 bits per heavy atom. The minimum atomic E-state index is -0.948. The van der Waals surface area contributed by atoms with Crippen molar-refractivity contribution in [1.29, 1.82) is 0 Å². The first-order chi connectivity index (χ1) is 10.1. The number of carbonyl (C=O) groups excluding carboxylic acids is 1. The number of hydrogen-bond acceptors (Lipinski definition) is 3. The van der Waals surface area contributed by atoms with Gasteiger partial charge in [-0.2, -0.15) is 0 Å². The molecule has 0 aliphatic carbocycles. The van der Waals surface area contributed by atoms with Crippen molar-refractivity contribution in [2.75, 3.05) is 11.1 Å². The fourth-order valence-corrected chi connectivity index (χ4v) is 3.74. The Balaban J connectivity index is 2.14. The third-order valence-electron chi connectivity index (χ3n) is 3.55. The Hall–Kier alpha value is -1.69. The molecule has 1 aliphatic rings. The molecule has 2 unspecified atom stereocenters. The third-order valence-corrected chi connectivity index (χ3v) is 5.00. The van der Waals surface area contributed by atoms with Crippen LogP contribution in [0.2, 0.25) is 0 Å². The fourth-order valence-electron chi connectivity index (χ4n) is 2.40. The number of anilines is 1. The highest BCUT2D eigenvalue weighted by Crippen LogP contribution is 2.32. The molecule has 2 rings (SSSR count). The quantitative estimate of drug-likeness (QED) is 0.897. The summed E-state index contributed by atoms with van der Waals surface area (Å²) in [5.41, 5.74) is 1.83. The summed E-state index contributed by atoms with van der Waals surface area (Å²) in [7, 11) is 0. The molecule has 2 atom stereocenters. The number of carbonyl (C=O) groups is 2. The molecule has 1 aromatic carbocycles. The van der Waals surface area contributed by atoms with E-state index in [1.165, 1.54) is 16.7 Å². The number of urea groups is 1. The number of carboxylic acids is 1. The van der Waals surface area contributed by atoms with Gasteiger partial charge in [0.25, 0.3) is 0 Å². The van der Waals surface area contributed by atoms with Crippen molar-refractivity contribution in [3.8, 4) is 0 Å². The van der Waals surface area contributed by atoms with Crippen LogP contribution < -0.4 is 5.32 Å². The average Bonchev–Trinajstić information content (AvgIpc) is 2.91. The van der Waals surface area contributed by atoms with Crippen LogP contribution in [0, 0.1) is 0 Å². The van der Waals surface area contributed by atoms with Crippen molar-refractivity contribution in [3.63, 3.8) is 0 Å².